The molecule has 13 heteroatoms. The van der Waals surface area contributed by atoms with E-state index in [4.69, 9.17) is 25.8 Å². The molecule has 0 radical (unpaired) electrons. The van der Waals surface area contributed by atoms with Gasteiger partial charge >= 0.3 is 11.8 Å². The van der Waals surface area contributed by atoms with Gasteiger partial charge in [-0.25, -0.2) is 0 Å². The fourth-order valence-electron chi connectivity index (χ4n) is 1.76. The molecule has 0 bridgehead atoms. The molecule has 1 aromatic rings. The van der Waals surface area contributed by atoms with E-state index < -0.39 is 29.5 Å². The summed E-state index contributed by atoms with van der Waals surface area (Å²) in [5.74, 6) is -2.33. The Hall–Kier alpha value is -2.33. The number of nitrogens with two attached hydrogens (primary N) is 2. The quantitative estimate of drug-likeness (QED) is 0.281. The van der Waals surface area contributed by atoms with Gasteiger partial charge in [0.15, 0.2) is 5.75 Å². The maximum absolute atomic E-state index is 12.0. The summed E-state index contributed by atoms with van der Waals surface area (Å²) in [6.07, 6.45) is 0.285. The van der Waals surface area contributed by atoms with Gasteiger partial charge < -0.3 is 36.9 Å². The topological polar surface area (TPSA) is 235 Å². The summed E-state index contributed by atoms with van der Waals surface area (Å²) in [6, 6.07) is 2.09. The van der Waals surface area contributed by atoms with Crippen LogP contribution in [0, 0.1) is 10.1 Å². The van der Waals surface area contributed by atoms with Gasteiger partial charge in [-0.2, -0.15) is 9.59 Å². The Balaban J connectivity index is 0. The zero-order valence-electron chi connectivity index (χ0n) is 13.7. The number of nitro groups is 1. The van der Waals surface area contributed by atoms with Crippen LogP contribution in [0.3, 0.4) is 0 Å². The summed E-state index contributed by atoms with van der Waals surface area (Å²) in [6.45, 7) is 0.192. The molecule has 9 N–H and O–H groups in total. The molecule has 0 fully saturated rings. The van der Waals surface area contributed by atoms with Gasteiger partial charge in [-0.1, -0.05) is 0 Å². The molecule has 0 saturated heterocycles. The van der Waals surface area contributed by atoms with Gasteiger partial charge in [-0.05, 0) is 30.8 Å². The van der Waals surface area contributed by atoms with Crippen molar-refractivity contribution in [2.24, 2.45) is 11.5 Å². The minimum atomic E-state index is -4.03. The molecule has 2 unspecified atom stereocenters. The number of nitro benzene ring substituents is 1. The number of rotatable bonds is 7. The predicted octanol–water partition coefficient (Wildman–Crippen LogP) is 0.0462. The summed E-state index contributed by atoms with van der Waals surface area (Å²) in [5, 5.41) is 20.5. The van der Waals surface area contributed by atoms with Crippen LogP contribution in [0.1, 0.15) is 17.8 Å². The van der Waals surface area contributed by atoms with Crippen LogP contribution in [-0.4, -0.2) is 36.0 Å². The van der Waals surface area contributed by atoms with Crippen molar-refractivity contribution >= 4 is 19.2 Å². The smallest absolute Gasteiger partial charge is 0.373 e. The average molecular weight is 380 g/mol. The standard InChI is InChI=1S/C11H18N3O6P.CO2.H3N/c1-20-9-6-7(5-8(10(9)15)14(16)17)11(13)21(18,19)4-2-3-12;2-1-3;/h5-6,11,15H,2-4,12-13H2,1H3,(H,18,19);;1H3. The Bertz CT molecular complexity index is 663. The number of phenols is 1. The summed E-state index contributed by atoms with van der Waals surface area (Å²) in [4.78, 5) is 38.3. The summed E-state index contributed by atoms with van der Waals surface area (Å²) < 4.78 is 16.8. The second-order valence-corrected chi connectivity index (χ2v) is 6.92. The molecule has 25 heavy (non-hydrogen) atoms. The second kappa shape index (κ2) is 11.3. The molecular weight excluding hydrogens is 359 g/mol. The minimum Gasteiger partial charge on any atom is -0.798 e. The van der Waals surface area contributed by atoms with E-state index in [0.717, 1.165) is 6.07 Å². The van der Waals surface area contributed by atoms with E-state index in [0.29, 0.717) is 0 Å². The number of benzene rings is 1. The van der Waals surface area contributed by atoms with Crippen LogP contribution < -0.4 is 27.2 Å². The van der Waals surface area contributed by atoms with Crippen molar-refractivity contribution in [3.63, 3.8) is 0 Å². The monoisotopic (exact) mass is 380 g/mol. The Labute approximate surface area is 142 Å². The number of nitrogens with zero attached hydrogens (tertiary/aromatic N) is 1. The van der Waals surface area contributed by atoms with Crippen LogP contribution in [-0.2, 0) is 14.2 Å². The van der Waals surface area contributed by atoms with E-state index in [1.165, 1.54) is 13.2 Å². The van der Waals surface area contributed by atoms with Crippen LogP contribution in [0.2, 0.25) is 0 Å². The maximum atomic E-state index is 12.0. The van der Waals surface area contributed by atoms with Crippen LogP contribution in [0.15, 0.2) is 12.1 Å². The van der Waals surface area contributed by atoms with Gasteiger partial charge in [-0.3, -0.25) is 10.1 Å². The molecule has 0 saturated carbocycles. The van der Waals surface area contributed by atoms with Crippen LogP contribution >= 0.6 is 7.37 Å². The predicted molar refractivity (Wildman–Crippen MR) is 85.4 cm³/mol. The average Bonchev–Trinajstić information content (AvgIpc) is 2.53. The summed E-state index contributed by atoms with van der Waals surface area (Å²) in [5.41, 5.74) is 10.3. The third-order valence-corrected chi connectivity index (χ3v) is 5.02. The number of phenolic OH excluding ortho intramolecular Hbond substituents is 1. The lowest BCUT2D eigenvalue weighted by molar-refractivity contribution is -0.386. The van der Waals surface area contributed by atoms with Gasteiger partial charge in [0.1, 0.15) is 0 Å². The Morgan fingerprint density at radius 3 is 2.36 bits per heavy atom. The van der Waals surface area contributed by atoms with Gasteiger partial charge in [0.05, 0.1) is 17.8 Å². The van der Waals surface area contributed by atoms with Crippen molar-refractivity contribution in [2.45, 2.75) is 12.2 Å². The van der Waals surface area contributed by atoms with E-state index in [2.05, 4.69) is 0 Å². The van der Waals surface area contributed by atoms with Crippen molar-refractivity contribution in [1.82, 2.24) is 6.15 Å². The zero-order valence-corrected chi connectivity index (χ0v) is 14.6. The minimum absolute atomic E-state index is 0. The first-order chi connectivity index (χ1) is 11.2. The second-order valence-electron chi connectivity index (χ2n) is 4.47. The first kappa shape index (κ1) is 24.9. The number of ether oxygens (including phenoxy) is 1. The molecule has 0 heterocycles. The molecular formula is C12H21N4O8P. The third kappa shape index (κ3) is 6.98. The molecule has 12 nitrogen and oxygen atoms in total. The number of hydrogen-bond donors (Lipinski definition) is 4. The van der Waals surface area contributed by atoms with E-state index in [1.807, 2.05) is 0 Å². The van der Waals surface area contributed by atoms with Crippen molar-refractivity contribution in [2.75, 3.05) is 19.8 Å². The Morgan fingerprint density at radius 1 is 1.44 bits per heavy atom. The van der Waals surface area contributed by atoms with Gasteiger partial charge in [0.2, 0.25) is 5.75 Å². The lowest BCUT2D eigenvalue weighted by Gasteiger charge is -2.30. The number of quaternary nitrogens is 1. The van der Waals surface area contributed by atoms with Crippen LogP contribution in [0.4, 0.5) is 5.69 Å². The van der Waals surface area contributed by atoms with Crippen molar-refractivity contribution in [1.29, 1.82) is 0 Å². The van der Waals surface area contributed by atoms with Crippen molar-refractivity contribution in [3.05, 3.63) is 27.8 Å². The Kier molecular flexibility index (Phi) is 11.2. The SMILES string of the molecule is COc1cc(C(N)P(=O)([O-])CCCN)cc([N+](=O)[O-])c1O.O=C=O.[NH4+]. The van der Waals surface area contributed by atoms with Crippen molar-refractivity contribution in [3.8, 4) is 11.5 Å². The van der Waals surface area contributed by atoms with Gasteiger partial charge in [0.25, 0.3) is 0 Å². The van der Waals surface area contributed by atoms with E-state index >= 15 is 0 Å². The lowest BCUT2D eigenvalue weighted by Crippen LogP contribution is -2.21. The zero-order chi connectivity index (χ0) is 18.9. The largest absolute Gasteiger partial charge is 0.798 e. The normalized spacial score (nSPS) is 13.1. The molecule has 0 amide bonds. The van der Waals surface area contributed by atoms with Crippen LogP contribution in [0.5, 0.6) is 11.5 Å². The fraction of sp³-hybridized carbons (Fsp3) is 0.417. The molecule has 1 aromatic carbocycles. The van der Waals surface area contributed by atoms with E-state index in [1.54, 1.807) is 0 Å². The van der Waals surface area contributed by atoms with Gasteiger partial charge in [-0.15, -0.1) is 0 Å². The molecule has 0 aliphatic rings. The van der Waals surface area contributed by atoms with E-state index in [-0.39, 0.29) is 42.7 Å². The third-order valence-electron chi connectivity index (χ3n) is 2.93. The maximum Gasteiger partial charge on any atom is 0.373 e. The number of carbonyl (C=O) groups excluding carboxylic acids is 2. The number of aromatic hydroxyl groups is 1. The summed E-state index contributed by atoms with van der Waals surface area (Å²) in [7, 11) is -2.84. The number of hydrogen-bond acceptors (Lipinski definition) is 10. The highest BCUT2D eigenvalue weighted by Crippen LogP contribution is 2.51. The molecule has 0 aromatic heterocycles. The molecule has 142 valence electrons. The first-order valence-corrected chi connectivity index (χ1v) is 8.34. The molecule has 1 rings (SSSR count). The first-order valence-electron chi connectivity index (χ1n) is 6.46. The summed E-state index contributed by atoms with van der Waals surface area (Å²) >= 11 is 0. The number of methoxy groups -OCH3 is 1. The lowest BCUT2D eigenvalue weighted by atomic mass is 10.1. The highest BCUT2D eigenvalue weighted by Gasteiger charge is 2.26. The fourth-order valence-corrected chi connectivity index (χ4v) is 3.26. The van der Waals surface area contributed by atoms with Gasteiger partial charge in [0, 0.05) is 13.4 Å². The molecule has 2 atom stereocenters. The van der Waals surface area contributed by atoms with Crippen molar-refractivity contribution < 1.29 is 33.8 Å². The molecule has 0 aliphatic heterocycles. The molecule has 0 spiro atoms. The highest BCUT2D eigenvalue weighted by molar-refractivity contribution is 7.56. The van der Waals surface area contributed by atoms with Crippen LogP contribution in [0.25, 0.3) is 0 Å². The Morgan fingerprint density at radius 2 is 1.96 bits per heavy atom. The highest BCUT2D eigenvalue weighted by atomic mass is 31.2. The van der Waals surface area contributed by atoms with E-state index in [9.17, 15) is 24.7 Å². The molecule has 0 aliphatic carbocycles.